The third kappa shape index (κ3) is 9.83. The summed E-state index contributed by atoms with van der Waals surface area (Å²) in [6.07, 6.45) is -5.99. The summed E-state index contributed by atoms with van der Waals surface area (Å²) in [5.74, 6) is -0.977. The van der Waals surface area contributed by atoms with Crippen molar-refractivity contribution < 1.29 is 32.3 Å². The van der Waals surface area contributed by atoms with Gasteiger partial charge in [-0.25, -0.2) is 4.79 Å². The van der Waals surface area contributed by atoms with Gasteiger partial charge in [0.2, 0.25) is 11.8 Å². The first-order valence-corrected chi connectivity index (χ1v) is 6.59. The van der Waals surface area contributed by atoms with Crippen LogP contribution in [0.3, 0.4) is 0 Å². The van der Waals surface area contributed by atoms with Crippen molar-refractivity contribution in [3.63, 3.8) is 0 Å². The summed E-state index contributed by atoms with van der Waals surface area (Å²) in [6.45, 7) is 2.86. The number of amides is 3. The second-order valence-corrected chi connectivity index (χ2v) is 4.67. The average Bonchev–Trinajstić information content (AvgIpc) is 2.38. The van der Waals surface area contributed by atoms with Gasteiger partial charge in [-0.05, 0) is 20.8 Å². The predicted octanol–water partition coefficient (Wildman–Crippen LogP) is 0.648. The van der Waals surface area contributed by atoms with Gasteiger partial charge >= 0.3 is 12.3 Å². The normalized spacial score (nSPS) is 11.0. The fraction of sp³-hybridized carbons (Fsp3) is 0.750. The zero-order valence-electron chi connectivity index (χ0n) is 12.6. The van der Waals surface area contributed by atoms with Crippen LogP contribution < -0.4 is 10.6 Å². The largest absolute Gasteiger partial charge is 0.440 e. The summed E-state index contributed by atoms with van der Waals surface area (Å²) in [4.78, 5) is 35.4. The van der Waals surface area contributed by atoms with E-state index < -0.39 is 31.3 Å². The molecule has 0 aliphatic heterocycles. The van der Waals surface area contributed by atoms with Gasteiger partial charge in [0, 0.05) is 12.6 Å². The predicted molar refractivity (Wildman–Crippen MR) is 70.9 cm³/mol. The third-order valence-electron chi connectivity index (χ3n) is 2.27. The van der Waals surface area contributed by atoms with E-state index in [1.54, 1.807) is 20.8 Å². The fourth-order valence-electron chi connectivity index (χ4n) is 1.38. The highest BCUT2D eigenvalue weighted by Gasteiger charge is 2.29. The molecule has 0 aromatic carbocycles. The molecular formula is C12H20F3N3O4. The molecule has 2 N–H and O–H groups in total. The molecule has 0 saturated heterocycles. The van der Waals surface area contributed by atoms with Crippen molar-refractivity contribution in [3.05, 3.63) is 0 Å². The molecule has 0 aromatic rings. The molecule has 0 fully saturated rings. The number of likely N-dealkylation sites (N-methyl/N-ethyl adjacent to an activating group) is 1. The number of nitrogens with zero attached hydrogens (tertiary/aromatic N) is 1. The minimum Gasteiger partial charge on any atom is -0.440 e. The number of carbonyl (C=O) groups is 3. The Hall–Kier alpha value is -2.00. The first kappa shape index (κ1) is 20.0. The number of hydrogen-bond acceptors (Lipinski definition) is 4. The monoisotopic (exact) mass is 327 g/mol. The number of ether oxygens (including phenoxy) is 1. The van der Waals surface area contributed by atoms with E-state index in [1.165, 1.54) is 0 Å². The highest BCUT2D eigenvalue weighted by atomic mass is 19.4. The number of alkyl carbamates (subject to hydrolysis) is 1. The van der Waals surface area contributed by atoms with Gasteiger partial charge < -0.3 is 20.3 Å². The van der Waals surface area contributed by atoms with Crippen LogP contribution in [0.5, 0.6) is 0 Å². The molecule has 0 atom stereocenters. The first-order valence-electron chi connectivity index (χ1n) is 6.59. The van der Waals surface area contributed by atoms with Crippen LogP contribution in [0, 0.1) is 0 Å². The van der Waals surface area contributed by atoms with Crippen molar-refractivity contribution in [1.82, 2.24) is 15.5 Å². The Kier molecular flexibility index (Phi) is 8.28. The van der Waals surface area contributed by atoms with Crippen LogP contribution in [0.15, 0.2) is 0 Å². The molecule has 7 nitrogen and oxygen atoms in total. The van der Waals surface area contributed by atoms with Crippen LogP contribution in [0.2, 0.25) is 0 Å². The summed E-state index contributed by atoms with van der Waals surface area (Å²) in [6, 6.07) is -0.0863. The van der Waals surface area contributed by atoms with Crippen molar-refractivity contribution in [3.8, 4) is 0 Å². The quantitative estimate of drug-likeness (QED) is 0.719. The van der Waals surface area contributed by atoms with E-state index in [4.69, 9.17) is 0 Å². The maximum absolute atomic E-state index is 11.8. The number of nitrogens with one attached hydrogen (secondary N) is 2. The molecule has 0 bridgehead atoms. The van der Waals surface area contributed by atoms with E-state index >= 15 is 0 Å². The van der Waals surface area contributed by atoms with Gasteiger partial charge in [-0.15, -0.1) is 0 Å². The second kappa shape index (κ2) is 9.11. The van der Waals surface area contributed by atoms with Gasteiger partial charge in [0.15, 0.2) is 6.61 Å². The van der Waals surface area contributed by atoms with Crippen LogP contribution in [0.1, 0.15) is 20.8 Å². The maximum Gasteiger partial charge on any atom is 0.422 e. The zero-order valence-corrected chi connectivity index (χ0v) is 12.6. The highest BCUT2D eigenvalue weighted by Crippen LogP contribution is 2.14. The lowest BCUT2D eigenvalue weighted by molar-refractivity contribution is -0.160. The summed E-state index contributed by atoms with van der Waals surface area (Å²) < 4.78 is 39.3. The smallest absolute Gasteiger partial charge is 0.422 e. The van der Waals surface area contributed by atoms with Gasteiger partial charge in [-0.1, -0.05) is 0 Å². The molecule has 0 spiro atoms. The lowest BCUT2D eigenvalue weighted by Crippen LogP contribution is -2.46. The molecule has 3 amide bonds. The SMILES string of the molecule is CCN(CC(=O)NC(C)C)C(=O)CNC(=O)OCC(F)(F)F. The average molecular weight is 327 g/mol. The van der Waals surface area contributed by atoms with E-state index in [0.29, 0.717) is 0 Å². The van der Waals surface area contributed by atoms with Crippen molar-refractivity contribution in [2.75, 3.05) is 26.2 Å². The second-order valence-electron chi connectivity index (χ2n) is 4.67. The molecule has 0 rings (SSSR count). The maximum atomic E-state index is 11.8. The van der Waals surface area contributed by atoms with Crippen molar-refractivity contribution in [1.29, 1.82) is 0 Å². The Morgan fingerprint density at radius 3 is 2.27 bits per heavy atom. The topological polar surface area (TPSA) is 87.7 Å². The van der Waals surface area contributed by atoms with Gasteiger partial charge in [0.05, 0.1) is 6.54 Å². The van der Waals surface area contributed by atoms with E-state index in [2.05, 4.69) is 10.1 Å². The molecular weight excluding hydrogens is 307 g/mol. The highest BCUT2D eigenvalue weighted by molar-refractivity contribution is 5.87. The fourth-order valence-corrected chi connectivity index (χ4v) is 1.38. The Bertz CT molecular complexity index is 400. The lowest BCUT2D eigenvalue weighted by Gasteiger charge is -2.21. The number of halogens is 3. The van der Waals surface area contributed by atoms with Crippen LogP contribution in [0.4, 0.5) is 18.0 Å². The van der Waals surface area contributed by atoms with Gasteiger partial charge in [-0.2, -0.15) is 13.2 Å². The van der Waals surface area contributed by atoms with E-state index in [1.807, 2.05) is 5.32 Å². The number of carbonyl (C=O) groups excluding carboxylic acids is 3. The molecule has 10 heteroatoms. The van der Waals surface area contributed by atoms with Crippen molar-refractivity contribution >= 4 is 17.9 Å². The summed E-state index contributed by atoms with van der Waals surface area (Å²) in [5.41, 5.74) is 0. The molecule has 0 aromatic heterocycles. The molecule has 0 heterocycles. The molecule has 22 heavy (non-hydrogen) atoms. The van der Waals surface area contributed by atoms with Crippen LogP contribution in [-0.2, 0) is 14.3 Å². The Labute approximate surface area is 126 Å². The van der Waals surface area contributed by atoms with Crippen molar-refractivity contribution in [2.45, 2.75) is 33.0 Å². The van der Waals surface area contributed by atoms with Crippen LogP contribution in [-0.4, -0.2) is 61.3 Å². The standard InChI is InChI=1S/C12H20F3N3O4/c1-4-18(6-9(19)17-8(2)3)10(20)5-16-11(21)22-7-12(13,14)15/h8H,4-7H2,1-3H3,(H,16,21)(H,17,19). The van der Waals surface area contributed by atoms with Crippen LogP contribution in [0.25, 0.3) is 0 Å². The Morgan fingerprint density at radius 2 is 1.82 bits per heavy atom. The summed E-state index contributed by atoms with van der Waals surface area (Å²) >= 11 is 0. The minimum atomic E-state index is -4.63. The van der Waals surface area contributed by atoms with E-state index in [9.17, 15) is 27.6 Å². The Morgan fingerprint density at radius 1 is 1.23 bits per heavy atom. The molecule has 128 valence electrons. The van der Waals surface area contributed by atoms with Gasteiger partial charge in [-0.3, -0.25) is 9.59 Å². The summed E-state index contributed by atoms with van der Waals surface area (Å²) in [7, 11) is 0. The number of rotatable bonds is 7. The first-order chi connectivity index (χ1) is 10.0. The van der Waals surface area contributed by atoms with Crippen molar-refractivity contribution in [2.24, 2.45) is 0 Å². The Balaban J connectivity index is 4.21. The van der Waals surface area contributed by atoms with Gasteiger partial charge in [0.1, 0.15) is 6.54 Å². The molecule has 0 unspecified atom stereocenters. The molecule has 0 radical (unpaired) electrons. The van der Waals surface area contributed by atoms with Gasteiger partial charge in [0.25, 0.3) is 0 Å². The molecule has 0 aliphatic carbocycles. The number of alkyl halides is 3. The van der Waals surface area contributed by atoms with Crippen LogP contribution >= 0.6 is 0 Å². The van der Waals surface area contributed by atoms with E-state index in [0.717, 1.165) is 4.90 Å². The zero-order chi connectivity index (χ0) is 17.3. The minimum absolute atomic E-state index is 0.0863. The summed E-state index contributed by atoms with van der Waals surface area (Å²) in [5, 5.41) is 4.49. The molecule has 0 aliphatic rings. The lowest BCUT2D eigenvalue weighted by atomic mass is 10.3. The number of hydrogen-bond donors (Lipinski definition) is 2. The third-order valence-corrected chi connectivity index (χ3v) is 2.27. The molecule has 0 saturated carbocycles. The van der Waals surface area contributed by atoms with E-state index in [-0.39, 0.29) is 25.0 Å².